The van der Waals surface area contributed by atoms with E-state index in [1.165, 1.54) is 0 Å². The van der Waals surface area contributed by atoms with Crippen LogP contribution in [0, 0.1) is 6.92 Å². The number of hydrogen-bond donors (Lipinski definition) is 1. The summed E-state index contributed by atoms with van der Waals surface area (Å²) in [5.74, 6) is 0.878. The number of hydrogen-bond acceptors (Lipinski definition) is 4. The highest BCUT2D eigenvalue weighted by Gasteiger charge is 2.18. The summed E-state index contributed by atoms with van der Waals surface area (Å²) >= 11 is 0. The molecule has 21 heavy (non-hydrogen) atoms. The van der Waals surface area contributed by atoms with Crippen LogP contribution in [0.25, 0.3) is 0 Å². The minimum Gasteiger partial charge on any atom is -0.492 e. The lowest BCUT2D eigenvalue weighted by molar-refractivity contribution is -0.124. The van der Waals surface area contributed by atoms with Gasteiger partial charge in [-0.3, -0.25) is 9.69 Å². The Morgan fingerprint density at radius 1 is 1.52 bits per heavy atom. The van der Waals surface area contributed by atoms with Gasteiger partial charge in [-0.1, -0.05) is 12.1 Å². The molecule has 0 spiro atoms. The Balaban J connectivity index is 1.61. The van der Waals surface area contributed by atoms with E-state index in [0.717, 1.165) is 24.4 Å². The minimum atomic E-state index is 0.0388. The maximum Gasteiger partial charge on any atom is 0.234 e. The summed E-state index contributed by atoms with van der Waals surface area (Å²) in [6.07, 6.45) is 0.205. The van der Waals surface area contributed by atoms with Gasteiger partial charge in [-0.05, 0) is 31.5 Å². The van der Waals surface area contributed by atoms with Gasteiger partial charge >= 0.3 is 0 Å². The Hall–Kier alpha value is -1.59. The van der Waals surface area contributed by atoms with Crippen molar-refractivity contribution < 1.29 is 14.3 Å². The summed E-state index contributed by atoms with van der Waals surface area (Å²) in [6.45, 7) is 7.81. The topological polar surface area (TPSA) is 50.8 Å². The Morgan fingerprint density at radius 2 is 2.38 bits per heavy atom. The van der Waals surface area contributed by atoms with Gasteiger partial charge in [0.1, 0.15) is 12.4 Å². The van der Waals surface area contributed by atoms with Crippen molar-refractivity contribution in [3.8, 4) is 5.75 Å². The van der Waals surface area contributed by atoms with Crippen LogP contribution in [-0.2, 0) is 9.53 Å². The molecule has 0 saturated carbocycles. The molecule has 1 aliphatic heterocycles. The highest BCUT2D eigenvalue weighted by Crippen LogP contribution is 2.11. The molecule has 1 aliphatic rings. The first-order valence-electron chi connectivity index (χ1n) is 7.43. The Morgan fingerprint density at radius 3 is 3.14 bits per heavy atom. The molecule has 0 bridgehead atoms. The number of nitrogens with zero attached hydrogens (tertiary/aromatic N) is 1. The molecule has 5 heteroatoms. The first-order valence-corrected chi connectivity index (χ1v) is 7.43. The van der Waals surface area contributed by atoms with Crippen LogP contribution in [0.5, 0.6) is 5.75 Å². The normalized spacial score (nSPS) is 19.2. The first-order chi connectivity index (χ1) is 10.1. The van der Waals surface area contributed by atoms with Gasteiger partial charge in [-0.2, -0.15) is 0 Å². The first kappa shape index (κ1) is 15.8. The van der Waals surface area contributed by atoms with Crippen molar-refractivity contribution in [2.45, 2.75) is 20.0 Å². The second kappa shape index (κ2) is 8.00. The molecule has 1 heterocycles. The molecule has 1 N–H and O–H groups in total. The van der Waals surface area contributed by atoms with Gasteiger partial charge in [-0.15, -0.1) is 0 Å². The van der Waals surface area contributed by atoms with Crippen LogP contribution in [0.15, 0.2) is 24.3 Å². The van der Waals surface area contributed by atoms with Crippen molar-refractivity contribution in [3.63, 3.8) is 0 Å². The zero-order chi connectivity index (χ0) is 15.1. The number of ether oxygens (including phenoxy) is 2. The third kappa shape index (κ3) is 5.73. The molecule has 1 amide bonds. The predicted octanol–water partition coefficient (Wildman–Crippen LogP) is 1.21. The van der Waals surface area contributed by atoms with E-state index in [9.17, 15) is 4.79 Å². The van der Waals surface area contributed by atoms with Crippen molar-refractivity contribution >= 4 is 5.91 Å². The summed E-state index contributed by atoms with van der Waals surface area (Å²) in [5.41, 5.74) is 1.16. The average Bonchev–Trinajstić information content (AvgIpc) is 2.44. The third-order valence-corrected chi connectivity index (χ3v) is 3.37. The van der Waals surface area contributed by atoms with E-state index in [0.29, 0.717) is 26.3 Å². The molecule has 116 valence electrons. The number of carbonyl (C=O) groups excluding carboxylic acids is 1. The van der Waals surface area contributed by atoms with Crippen molar-refractivity contribution in [2.24, 2.45) is 0 Å². The van der Waals surface area contributed by atoms with E-state index in [1.807, 2.05) is 38.1 Å². The van der Waals surface area contributed by atoms with E-state index in [4.69, 9.17) is 9.47 Å². The van der Waals surface area contributed by atoms with Gasteiger partial charge in [0, 0.05) is 13.1 Å². The molecule has 1 fully saturated rings. The second-order valence-electron chi connectivity index (χ2n) is 5.43. The highest BCUT2D eigenvalue weighted by molar-refractivity contribution is 5.78. The van der Waals surface area contributed by atoms with Crippen molar-refractivity contribution in [1.82, 2.24) is 10.2 Å². The lowest BCUT2D eigenvalue weighted by Crippen LogP contribution is -2.46. The van der Waals surface area contributed by atoms with Crippen LogP contribution in [0.3, 0.4) is 0 Å². The number of nitrogens with one attached hydrogen (secondary N) is 1. The minimum absolute atomic E-state index is 0.0388. The molecule has 1 aromatic carbocycles. The summed E-state index contributed by atoms with van der Waals surface area (Å²) in [6, 6.07) is 7.89. The van der Waals surface area contributed by atoms with Crippen molar-refractivity contribution in [2.75, 3.05) is 39.4 Å². The maximum absolute atomic E-state index is 11.8. The molecule has 2 rings (SSSR count). The van der Waals surface area contributed by atoms with Crippen molar-refractivity contribution in [3.05, 3.63) is 29.8 Å². The smallest absolute Gasteiger partial charge is 0.234 e. The maximum atomic E-state index is 11.8. The van der Waals surface area contributed by atoms with Gasteiger partial charge in [0.15, 0.2) is 0 Å². The van der Waals surface area contributed by atoms with Crippen LogP contribution in [0.1, 0.15) is 12.5 Å². The largest absolute Gasteiger partial charge is 0.492 e. The molecular formula is C16H24N2O3. The number of amides is 1. The predicted molar refractivity (Wildman–Crippen MR) is 81.5 cm³/mol. The number of carbonyl (C=O) groups is 1. The van der Waals surface area contributed by atoms with Gasteiger partial charge in [0.2, 0.25) is 5.91 Å². The summed E-state index contributed by atoms with van der Waals surface area (Å²) in [7, 11) is 0. The summed E-state index contributed by atoms with van der Waals surface area (Å²) < 4.78 is 11.0. The molecule has 1 aromatic rings. The number of morpholine rings is 1. The van der Waals surface area contributed by atoms with Crippen LogP contribution < -0.4 is 10.1 Å². The van der Waals surface area contributed by atoms with Crippen LogP contribution >= 0.6 is 0 Å². The fraction of sp³-hybridized carbons (Fsp3) is 0.562. The van der Waals surface area contributed by atoms with Crippen LogP contribution in [0.4, 0.5) is 0 Å². The molecule has 5 nitrogen and oxygen atoms in total. The number of aryl methyl sites for hydroxylation is 1. The zero-order valence-electron chi connectivity index (χ0n) is 12.8. The van der Waals surface area contributed by atoms with Gasteiger partial charge < -0.3 is 14.8 Å². The van der Waals surface area contributed by atoms with Crippen LogP contribution in [0.2, 0.25) is 0 Å². The zero-order valence-corrected chi connectivity index (χ0v) is 12.8. The fourth-order valence-corrected chi connectivity index (χ4v) is 2.36. The molecule has 1 saturated heterocycles. The molecule has 0 radical (unpaired) electrons. The molecule has 1 atom stereocenters. The standard InChI is InChI=1S/C16H24N2O3/c1-13-4-3-5-15(10-13)21-8-6-17-16(19)12-18-7-9-20-14(2)11-18/h3-5,10,14H,6-9,11-12H2,1-2H3,(H,17,19)/t14-/m0/s1. The molecule has 0 unspecified atom stereocenters. The lowest BCUT2D eigenvalue weighted by Gasteiger charge is -2.30. The Kier molecular flexibility index (Phi) is 6.02. The van der Waals surface area contributed by atoms with E-state index >= 15 is 0 Å². The fourth-order valence-electron chi connectivity index (χ4n) is 2.36. The number of benzene rings is 1. The molecule has 0 aromatic heterocycles. The van der Waals surface area contributed by atoms with Gasteiger partial charge in [0.05, 0.1) is 25.8 Å². The Labute approximate surface area is 126 Å². The summed E-state index contributed by atoms with van der Waals surface area (Å²) in [4.78, 5) is 14.0. The van der Waals surface area contributed by atoms with E-state index in [-0.39, 0.29) is 12.0 Å². The van der Waals surface area contributed by atoms with Gasteiger partial charge in [0.25, 0.3) is 0 Å². The van der Waals surface area contributed by atoms with Crippen LogP contribution in [-0.4, -0.2) is 56.3 Å². The monoisotopic (exact) mass is 292 g/mol. The quantitative estimate of drug-likeness (QED) is 0.801. The van der Waals surface area contributed by atoms with E-state index in [2.05, 4.69) is 10.2 Å². The lowest BCUT2D eigenvalue weighted by atomic mass is 10.2. The van der Waals surface area contributed by atoms with E-state index in [1.54, 1.807) is 0 Å². The third-order valence-electron chi connectivity index (χ3n) is 3.37. The number of rotatable bonds is 6. The molecular weight excluding hydrogens is 268 g/mol. The molecule has 0 aliphatic carbocycles. The average molecular weight is 292 g/mol. The van der Waals surface area contributed by atoms with Crippen molar-refractivity contribution in [1.29, 1.82) is 0 Å². The SMILES string of the molecule is Cc1cccc(OCCNC(=O)CN2CCO[C@@H](C)C2)c1. The Bertz CT molecular complexity index is 465. The second-order valence-corrected chi connectivity index (χ2v) is 5.43. The van der Waals surface area contributed by atoms with Gasteiger partial charge in [-0.25, -0.2) is 0 Å². The highest BCUT2D eigenvalue weighted by atomic mass is 16.5. The van der Waals surface area contributed by atoms with E-state index < -0.39 is 0 Å². The summed E-state index contributed by atoms with van der Waals surface area (Å²) in [5, 5.41) is 2.88.